The smallest absolute Gasteiger partial charge is 0.416 e. The number of aromatic hydroxyl groups is 1. The second-order valence-electron chi connectivity index (χ2n) is 6.67. The summed E-state index contributed by atoms with van der Waals surface area (Å²) in [6, 6.07) is 5.47. The zero-order valence-corrected chi connectivity index (χ0v) is 15.0. The molecule has 0 saturated carbocycles. The lowest BCUT2D eigenvalue weighted by atomic mass is 9.97. The Morgan fingerprint density at radius 3 is 1.87 bits per heavy atom. The van der Waals surface area contributed by atoms with Crippen LogP contribution < -0.4 is 0 Å². The SMILES string of the molecule is O=C1N=C(c2ccc(F)cc2)c2c(O)[nH]c(-c3cc(C(F)(F)F)cc(C(F)(F)F)c3)c21. The van der Waals surface area contributed by atoms with E-state index < -0.39 is 52.3 Å². The van der Waals surface area contributed by atoms with Gasteiger partial charge in [-0.1, -0.05) is 0 Å². The molecule has 0 saturated heterocycles. The molecule has 0 aliphatic carbocycles. The van der Waals surface area contributed by atoms with E-state index in [0.717, 1.165) is 12.1 Å². The third kappa shape index (κ3) is 3.56. The fourth-order valence-electron chi connectivity index (χ4n) is 3.28. The van der Waals surface area contributed by atoms with Crippen molar-refractivity contribution in [3.63, 3.8) is 0 Å². The van der Waals surface area contributed by atoms with E-state index in [9.17, 15) is 40.6 Å². The molecule has 3 aromatic rings. The summed E-state index contributed by atoms with van der Waals surface area (Å²) in [7, 11) is 0. The molecular weight excluding hydrogens is 433 g/mol. The fourth-order valence-corrected chi connectivity index (χ4v) is 3.28. The van der Waals surface area contributed by atoms with Crippen LogP contribution in [0.3, 0.4) is 0 Å². The summed E-state index contributed by atoms with van der Waals surface area (Å²) in [6.07, 6.45) is -10.2. The molecule has 0 radical (unpaired) electrons. The van der Waals surface area contributed by atoms with Gasteiger partial charge < -0.3 is 10.1 Å². The Kier molecular flexibility index (Phi) is 4.45. The topological polar surface area (TPSA) is 65.4 Å². The van der Waals surface area contributed by atoms with Gasteiger partial charge in [-0.05, 0) is 42.5 Å². The van der Waals surface area contributed by atoms with Crippen molar-refractivity contribution in [3.05, 3.63) is 76.1 Å². The molecule has 4 nitrogen and oxygen atoms in total. The second kappa shape index (κ2) is 6.69. The maximum absolute atomic E-state index is 13.2. The third-order valence-electron chi connectivity index (χ3n) is 4.64. The first kappa shape index (κ1) is 20.6. The number of nitrogens with one attached hydrogen (secondary N) is 1. The lowest BCUT2D eigenvalue weighted by Crippen LogP contribution is -2.11. The molecule has 1 amide bonds. The summed E-state index contributed by atoms with van der Waals surface area (Å²) in [5.74, 6) is -2.24. The van der Waals surface area contributed by atoms with Gasteiger partial charge in [0.1, 0.15) is 5.82 Å². The number of hydrogen-bond acceptors (Lipinski definition) is 2. The van der Waals surface area contributed by atoms with E-state index in [2.05, 4.69) is 9.98 Å². The van der Waals surface area contributed by atoms with Crippen molar-refractivity contribution in [2.45, 2.75) is 12.4 Å². The number of alkyl halides is 6. The maximum Gasteiger partial charge on any atom is 0.416 e. The van der Waals surface area contributed by atoms with Crippen LogP contribution in [-0.4, -0.2) is 21.7 Å². The van der Waals surface area contributed by atoms with Gasteiger partial charge in [0.2, 0.25) is 0 Å². The quantitative estimate of drug-likeness (QED) is 0.511. The summed E-state index contributed by atoms with van der Waals surface area (Å²) >= 11 is 0. The number of H-pyrrole nitrogens is 1. The van der Waals surface area contributed by atoms with Crippen LogP contribution in [0.2, 0.25) is 0 Å². The average Bonchev–Trinajstić information content (AvgIpc) is 3.19. The number of aromatic amines is 1. The molecule has 2 aromatic carbocycles. The van der Waals surface area contributed by atoms with E-state index in [1.165, 1.54) is 12.1 Å². The molecule has 0 bridgehead atoms. The molecule has 1 aromatic heterocycles. The molecule has 4 rings (SSSR count). The van der Waals surface area contributed by atoms with Crippen LogP contribution >= 0.6 is 0 Å². The van der Waals surface area contributed by atoms with Crippen molar-refractivity contribution >= 4 is 11.6 Å². The number of benzene rings is 2. The highest BCUT2D eigenvalue weighted by molar-refractivity contribution is 6.30. The number of nitrogens with zero attached hydrogens (tertiary/aromatic N) is 1. The van der Waals surface area contributed by atoms with E-state index in [0.29, 0.717) is 12.1 Å². The molecule has 160 valence electrons. The molecule has 0 fully saturated rings. The van der Waals surface area contributed by atoms with Crippen molar-refractivity contribution < 1.29 is 40.6 Å². The molecule has 0 atom stereocenters. The summed E-state index contributed by atoms with van der Waals surface area (Å²) in [5, 5.41) is 10.3. The number of fused-ring (bicyclic) bond motifs is 1. The largest absolute Gasteiger partial charge is 0.494 e. The molecule has 11 heteroatoms. The van der Waals surface area contributed by atoms with Crippen molar-refractivity contribution in [2.75, 3.05) is 0 Å². The fraction of sp³-hybridized carbons (Fsp3) is 0.100. The second-order valence-corrected chi connectivity index (χ2v) is 6.67. The van der Waals surface area contributed by atoms with Gasteiger partial charge in [-0.3, -0.25) is 4.79 Å². The lowest BCUT2D eigenvalue weighted by molar-refractivity contribution is -0.143. The van der Waals surface area contributed by atoms with Crippen molar-refractivity contribution in [2.24, 2.45) is 4.99 Å². The van der Waals surface area contributed by atoms with Gasteiger partial charge in [0.25, 0.3) is 5.91 Å². The van der Waals surface area contributed by atoms with E-state index in [4.69, 9.17) is 0 Å². The third-order valence-corrected chi connectivity index (χ3v) is 4.64. The first-order chi connectivity index (χ1) is 14.4. The highest BCUT2D eigenvalue weighted by Crippen LogP contribution is 2.42. The summed E-state index contributed by atoms with van der Waals surface area (Å²) in [4.78, 5) is 18.5. The number of halogens is 7. The van der Waals surface area contributed by atoms with Crippen LogP contribution in [0.15, 0.2) is 47.5 Å². The minimum Gasteiger partial charge on any atom is -0.494 e. The van der Waals surface area contributed by atoms with Crippen LogP contribution in [0.25, 0.3) is 11.3 Å². The molecule has 2 heterocycles. The van der Waals surface area contributed by atoms with E-state index >= 15 is 0 Å². The van der Waals surface area contributed by atoms with Gasteiger partial charge in [0.05, 0.1) is 33.7 Å². The highest BCUT2D eigenvalue weighted by atomic mass is 19.4. The Balaban J connectivity index is 1.91. The number of amides is 1. The predicted molar refractivity (Wildman–Crippen MR) is 94.3 cm³/mol. The Morgan fingerprint density at radius 1 is 0.806 bits per heavy atom. The van der Waals surface area contributed by atoms with Gasteiger partial charge in [0, 0.05) is 11.1 Å². The molecule has 0 unspecified atom stereocenters. The molecule has 1 aliphatic rings. The minimum atomic E-state index is -5.09. The van der Waals surface area contributed by atoms with Crippen LogP contribution in [0, 0.1) is 5.82 Å². The highest BCUT2D eigenvalue weighted by Gasteiger charge is 2.39. The Labute approximate surface area is 168 Å². The molecule has 2 N–H and O–H groups in total. The van der Waals surface area contributed by atoms with Crippen LogP contribution in [-0.2, 0) is 12.4 Å². The monoisotopic (exact) mass is 442 g/mol. The normalized spacial score (nSPS) is 14.0. The van der Waals surface area contributed by atoms with Gasteiger partial charge in [-0.2, -0.15) is 26.3 Å². The number of rotatable bonds is 2. The first-order valence-electron chi connectivity index (χ1n) is 8.50. The number of aromatic nitrogens is 1. The van der Waals surface area contributed by atoms with Crippen molar-refractivity contribution in [1.29, 1.82) is 0 Å². The number of hydrogen-bond donors (Lipinski definition) is 2. The Bertz CT molecular complexity index is 1200. The van der Waals surface area contributed by atoms with Crippen LogP contribution in [0.4, 0.5) is 30.7 Å². The Morgan fingerprint density at radius 2 is 1.35 bits per heavy atom. The number of aliphatic imine (C=N–C) groups is 1. The molecular formula is C20H9F7N2O2. The van der Waals surface area contributed by atoms with E-state index in [1.54, 1.807) is 0 Å². The number of carbonyl (C=O) groups is 1. The summed E-state index contributed by atoms with van der Waals surface area (Å²) in [6.45, 7) is 0. The summed E-state index contributed by atoms with van der Waals surface area (Å²) in [5.41, 5.74) is -4.67. The van der Waals surface area contributed by atoms with Crippen molar-refractivity contribution in [1.82, 2.24) is 4.98 Å². The maximum atomic E-state index is 13.2. The molecule has 31 heavy (non-hydrogen) atoms. The molecule has 1 aliphatic heterocycles. The van der Waals surface area contributed by atoms with Crippen molar-refractivity contribution in [3.8, 4) is 17.1 Å². The van der Waals surface area contributed by atoms with Crippen LogP contribution in [0.5, 0.6) is 5.88 Å². The molecule has 0 spiro atoms. The zero-order valence-electron chi connectivity index (χ0n) is 15.0. The van der Waals surface area contributed by atoms with Gasteiger partial charge in [-0.15, -0.1) is 0 Å². The minimum absolute atomic E-state index is 0.0468. The van der Waals surface area contributed by atoms with E-state index in [-0.39, 0.29) is 28.5 Å². The number of carbonyl (C=O) groups excluding carboxylic acids is 1. The van der Waals surface area contributed by atoms with E-state index in [1.807, 2.05) is 0 Å². The standard InChI is InChI=1S/C20H9F7N2O2/c21-12-3-1-8(2-4-12)15-13-14(18(31)28-15)16(29-17(13)30)9-5-10(19(22,23)24)7-11(6-9)20(25,26)27/h1-7,29-30H. The lowest BCUT2D eigenvalue weighted by Gasteiger charge is -2.14. The van der Waals surface area contributed by atoms with Gasteiger partial charge >= 0.3 is 12.4 Å². The Hall–Kier alpha value is -3.63. The summed E-state index contributed by atoms with van der Waals surface area (Å²) < 4.78 is 92.2. The first-order valence-corrected chi connectivity index (χ1v) is 8.50. The predicted octanol–water partition coefficient (Wildman–Crippen LogP) is 5.56. The average molecular weight is 442 g/mol. The zero-order chi connectivity index (χ0) is 22.7. The van der Waals surface area contributed by atoms with Gasteiger partial charge in [0.15, 0.2) is 5.88 Å². The van der Waals surface area contributed by atoms with Crippen LogP contribution in [0.1, 0.15) is 32.6 Å². The van der Waals surface area contributed by atoms with Gasteiger partial charge in [-0.25, -0.2) is 9.38 Å².